The summed E-state index contributed by atoms with van der Waals surface area (Å²) in [5.74, 6) is -0.607. The fourth-order valence-corrected chi connectivity index (χ4v) is 2.26. The molecular formula is C19H22N2O3. The third kappa shape index (κ3) is 5.85. The van der Waals surface area contributed by atoms with Crippen molar-refractivity contribution in [1.82, 2.24) is 5.32 Å². The molecule has 0 unspecified atom stereocenters. The molecule has 5 heteroatoms. The topological polar surface area (TPSA) is 81.4 Å². The molecule has 24 heavy (non-hydrogen) atoms. The van der Waals surface area contributed by atoms with Gasteiger partial charge in [-0.2, -0.15) is 0 Å². The van der Waals surface area contributed by atoms with Crippen LogP contribution in [0, 0.1) is 0 Å². The molecule has 2 rings (SSSR count). The Morgan fingerprint density at radius 2 is 1.58 bits per heavy atom. The van der Waals surface area contributed by atoms with E-state index in [0.717, 1.165) is 11.1 Å². The van der Waals surface area contributed by atoms with Crippen molar-refractivity contribution in [1.29, 1.82) is 0 Å². The van der Waals surface area contributed by atoms with Gasteiger partial charge in [-0.3, -0.25) is 9.59 Å². The van der Waals surface area contributed by atoms with Gasteiger partial charge in [0.15, 0.2) is 0 Å². The molecule has 126 valence electrons. The van der Waals surface area contributed by atoms with Crippen LogP contribution in [-0.4, -0.2) is 18.4 Å². The number of rotatable bonds is 8. The average molecular weight is 326 g/mol. The van der Waals surface area contributed by atoms with E-state index in [1.807, 2.05) is 60.7 Å². The molecule has 1 amide bonds. The van der Waals surface area contributed by atoms with E-state index in [-0.39, 0.29) is 31.4 Å². The van der Waals surface area contributed by atoms with Gasteiger partial charge in [-0.25, -0.2) is 0 Å². The van der Waals surface area contributed by atoms with Crippen LogP contribution in [0.3, 0.4) is 0 Å². The number of ether oxygens (including phenoxy) is 1. The van der Waals surface area contributed by atoms with E-state index in [1.165, 1.54) is 0 Å². The molecule has 5 nitrogen and oxygen atoms in total. The molecule has 0 saturated heterocycles. The van der Waals surface area contributed by atoms with E-state index >= 15 is 0 Å². The van der Waals surface area contributed by atoms with E-state index in [9.17, 15) is 9.59 Å². The highest BCUT2D eigenvalue weighted by atomic mass is 16.5. The van der Waals surface area contributed by atoms with Crippen LogP contribution in [0.1, 0.15) is 30.0 Å². The molecule has 0 aliphatic rings. The summed E-state index contributed by atoms with van der Waals surface area (Å²) in [6.45, 7) is 0.519. The number of nitrogens with two attached hydrogens (primary N) is 1. The Labute approximate surface area is 141 Å². The first-order valence-corrected chi connectivity index (χ1v) is 7.93. The number of carbonyl (C=O) groups is 2. The largest absolute Gasteiger partial charge is 0.461 e. The summed E-state index contributed by atoms with van der Waals surface area (Å²) in [5.41, 5.74) is 7.58. The lowest BCUT2D eigenvalue weighted by Gasteiger charge is -2.17. The zero-order valence-electron chi connectivity index (χ0n) is 13.5. The summed E-state index contributed by atoms with van der Waals surface area (Å²) in [4.78, 5) is 23.7. The second-order valence-electron chi connectivity index (χ2n) is 5.41. The Hall–Kier alpha value is -2.66. The van der Waals surface area contributed by atoms with Crippen molar-refractivity contribution in [2.45, 2.75) is 25.5 Å². The molecule has 0 aliphatic heterocycles. The fraction of sp³-hybridized carbons (Fsp3) is 0.263. The van der Waals surface area contributed by atoms with Gasteiger partial charge in [-0.15, -0.1) is 0 Å². The third-order valence-electron chi connectivity index (χ3n) is 3.57. The summed E-state index contributed by atoms with van der Waals surface area (Å²) >= 11 is 0. The van der Waals surface area contributed by atoms with Gasteiger partial charge in [0.2, 0.25) is 5.91 Å². The quantitative estimate of drug-likeness (QED) is 0.730. The zero-order chi connectivity index (χ0) is 17.2. The molecular weight excluding hydrogens is 304 g/mol. The minimum Gasteiger partial charge on any atom is -0.461 e. The zero-order valence-corrected chi connectivity index (χ0v) is 13.5. The van der Waals surface area contributed by atoms with Crippen molar-refractivity contribution in [3.63, 3.8) is 0 Å². The Bertz CT molecular complexity index is 644. The standard InChI is InChI=1S/C19H22N2O3/c20-13-17(16-9-5-2-6-10-16)21-18(22)11-12-19(23)24-14-15-7-3-1-4-8-15/h1-10,17H,11-14,20H2,(H,21,22)/t17-/m0/s1. The van der Waals surface area contributed by atoms with Crippen molar-refractivity contribution < 1.29 is 14.3 Å². The molecule has 0 saturated carbocycles. The molecule has 0 aliphatic carbocycles. The second-order valence-corrected chi connectivity index (χ2v) is 5.41. The summed E-state index contributed by atoms with van der Waals surface area (Å²) < 4.78 is 5.15. The Balaban J connectivity index is 1.73. The number of esters is 1. The maximum atomic E-state index is 12.0. The van der Waals surface area contributed by atoms with E-state index < -0.39 is 5.97 Å². The normalized spacial score (nSPS) is 11.5. The van der Waals surface area contributed by atoms with Crippen LogP contribution < -0.4 is 11.1 Å². The highest BCUT2D eigenvalue weighted by Gasteiger charge is 2.14. The number of benzene rings is 2. The minimum atomic E-state index is -0.391. The first-order chi connectivity index (χ1) is 11.7. The predicted molar refractivity (Wildman–Crippen MR) is 91.9 cm³/mol. The van der Waals surface area contributed by atoms with Crippen molar-refractivity contribution in [2.24, 2.45) is 5.73 Å². The molecule has 0 heterocycles. The molecule has 0 radical (unpaired) electrons. The van der Waals surface area contributed by atoms with Crippen LogP contribution in [0.5, 0.6) is 0 Å². The van der Waals surface area contributed by atoms with E-state index in [1.54, 1.807) is 0 Å². The highest BCUT2D eigenvalue weighted by molar-refractivity contribution is 5.81. The van der Waals surface area contributed by atoms with Crippen LogP contribution in [-0.2, 0) is 20.9 Å². The lowest BCUT2D eigenvalue weighted by molar-refractivity contribution is -0.146. The Morgan fingerprint density at radius 3 is 2.21 bits per heavy atom. The van der Waals surface area contributed by atoms with Crippen molar-refractivity contribution in [3.05, 3.63) is 71.8 Å². The number of amides is 1. The van der Waals surface area contributed by atoms with E-state index in [2.05, 4.69) is 5.32 Å². The molecule has 3 N–H and O–H groups in total. The molecule has 2 aromatic carbocycles. The van der Waals surface area contributed by atoms with Crippen molar-refractivity contribution >= 4 is 11.9 Å². The van der Waals surface area contributed by atoms with Gasteiger partial charge in [0.05, 0.1) is 12.5 Å². The minimum absolute atomic E-state index is 0.0464. The number of carbonyl (C=O) groups excluding carboxylic acids is 2. The summed E-state index contributed by atoms with van der Waals surface area (Å²) in [7, 11) is 0. The number of hydrogen-bond donors (Lipinski definition) is 2. The van der Waals surface area contributed by atoms with Crippen LogP contribution in [0.2, 0.25) is 0 Å². The Morgan fingerprint density at radius 1 is 0.958 bits per heavy atom. The van der Waals surface area contributed by atoms with Crippen molar-refractivity contribution in [3.8, 4) is 0 Å². The number of hydrogen-bond acceptors (Lipinski definition) is 4. The smallest absolute Gasteiger partial charge is 0.306 e. The lowest BCUT2D eigenvalue weighted by atomic mass is 10.1. The molecule has 0 bridgehead atoms. The van der Waals surface area contributed by atoms with Crippen LogP contribution in [0.15, 0.2) is 60.7 Å². The molecule has 2 aromatic rings. The van der Waals surface area contributed by atoms with E-state index in [4.69, 9.17) is 10.5 Å². The van der Waals surface area contributed by atoms with Crippen LogP contribution in [0.25, 0.3) is 0 Å². The van der Waals surface area contributed by atoms with Gasteiger partial charge in [-0.1, -0.05) is 60.7 Å². The van der Waals surface area contributed by atoms with E-state index in [0.29, 0.717) is 6.54 Å². The highest BCUT2D eigenvalue weighted by Crippen LogP contribution is 2.11. The first kappa shape index (κ1) is 17.7. The van der Waals surface area contributed by atoms with Gasteiger partial charge in [0.25, 0.3) is 0 Å². The summed E-state index contributed by atoms with van der Waals surface area (Å²) in [6.07, 6.45) is 0.127. The second kappa shape index (κ2) is 9.47. The predicted octanol–water partition coefficient (Wildman–Crippen LogP) is 2.33. The SMILES string of the molecule is NC[C@H](NC(=O)CCC(=O)OCc1ccccc1)c1ccccc1. The van der Waals surface area contributed by atoms with Gasteiger partial charge in [-0.05, 0) is 11.1 Å². The molecule has 0 spiro atoms. The van der Waals surface area contributed by atoms with Gasteiger partial charge >= 0.3 is 5.97 Å². The monoisotopic (exact) mass is 326 g/mol. The molecule has 1 atom stereocenters. The van der Waals surface area contributed by atoms with Gasteiger partial charge in [0.1, 0.15) is 6.61 Å². The van der Waals surface area contributed by atoms with Crippen LogP contribution in [0.4, 0.5) is 0 Å². The average Bonchev–Trinajstić information content (AvgIpc) is 2.64. The maximum Gasteiger partial charge on any atom is 0.306 e. The first-order valence-electron chi connectivity index (χ1n) is 7.93. The Kier molecular flexibility index (Phi) is 6.98. The van der Waals surface area contributed by atoms with Crippen LogP contribution >= 0.6 is 0 Å². The molecule has 0 aromatic heterocycles. The lowest BCUT2D eigenvalue weighted by Crippen LogP contribution is -2.33. The summed E-state index contributed by atoms with van der Waals surface area (Å²) in [6, 6.07) is 18.7. The van der Waals surface area contributed by atoms with Gasteiger partial charge in [0, 0.05) is 13.0 Å². The maximum absolute atomic E-state index is 12.0. The number of nitrogens with one attached hydrogen (secondary N) is 1. The third-order valence-corrected chi connectivity index (χ3v) is 3.57. The fourth-order valence-electron chi connectivity index (χ4n) is 2.26. The molecule has 0 fully saturated rings. The summed E-state index contributed by atoms with van der Waals surface area (Å²) in [5, 5.41) is 2.84. The van der Waals surface area contributed by atoms with Gasteiger partial charge < -0.3 is 15.8 Å². The van der Waals surface area contributed by atoms with Crippen molar-refractivity contribution in [2.75, 3.05) is 6.54 Å².